The highest BCUT2D eigenvalue weighted by atomic mass is 16.2. The number of aromatic nitrogens is 1. The molecule has 0 spiro atoms. The molecule has 1 aromatic heterocycles. The number of anilines is 2. The third kappa shape index (κ3) is 2.46. The first-order chi connectivity index (χ1) is 11.6. The number of rotatable bonds is 2. The van der Waals surface area contributed by atoms with Gasteiger partial charge >= 0.3 is 6.03 Å². The summed E-state index contributed by atoms with van der Waals surface area (Å²) in [5.41, 5.74) is 11.5. The van der Waals surface area contributed by atoms with Crippen LogP contribution in [-0.4, -0.2) is 16.9 Å². The van der Waals surface area contributed by atoms with Crippen LogP contribution in [0.4, 0.5) is 16.2 Å². The third-order valence-electron chi connectivity index (χ3n) is 4.59. The van der Waals surface area contributed by atoms with Crippen molar-refractivity contribution < 1.29 is 9.59 Å². The first kappa shape index (κ1) is 14.6. The molecule has 0 saturated heterocycles. The van der Waals surface area contributed by atoms with E-state index in [4.69, 9.17) is 5.73 Å². The maximum absolute atomic E-state index is 12.4. The van der Waals surface area contributed by atoms with Crippen LogP contribution in [0.25, 0.3) is 11.6 Å². The summed E-state index contributed by atoms with van der Waals surface area (Å²) in [5.74, 6) is -0.132. The number of carbonyl (C=O) groups is 2. The maximum Gasteiger partial charge on any atom is 0.316 e. The number of H-pyrrole nitrogens is 1. The Hall–Kier alpha value is -3.02. The number of nitrogens with two attached hydrogens (primary N) is 1. The standard InChI is InChI=1S/C18H18N4O2/c19-18(24)21-11-5-6-16-13(8-11)14(17(23)22-16)7-10-9-20-15-4-2-1-3-12(10)15/h5-9,20H,1-4H2,(H,22,23)(H3,19,21,24). The Morgan fingerprint density at radius 2 is 2.08 bits per heavy atom. The van der Waals surface area contributed by atoms with Gasteiger partial charge in [-0.1, -0.05) is 0 Å². The van der Waals surface area contributed by atoms with E-state index in [2.05, 4.69) is 15.6 Å². The van der Waals surface area contributed by atoms with Crippen molar-refractivity contribution in [2.45, 2.75) is 25.7 Å². The minimum atomic E-state index is -0.627. The van der Waals surface area contributed by atoms with Gasteiger partial charge < -0.3 is 21.4 Å². The van der Waals surface area contributed by atoms with Crippen LogP contribution in [0.3, 0.4) is 0 Å². The van der Waals surface area contributed by atoms with Gasteiger partial charge in [-0.05, 0) is 61.1 Å². The number of amides is 3. The SMILES string of the molecule is NC(=O)Nc1ccc2c(c1)C(=Cc1c[nH]c3c1CCCC3)C(=O)N2. The van der Waals surface area contributed by atoms with Crippen LogP contribution in [0.2, 0.25) is 0 Å². The summed E-state index contributed by atoms with van der Waals surface area (Å²) in [6.45, 7) is 0. The van der Waals surface area contributed by atoms with Crippen LogP contribution in [0.1, 0.15) is 35.2 Å². The number of urea groups is 1. The second-order valence-electron chi connectivity index (χ2n) is 6.17. The highest BCUT2D eigenvalue weighted by Gasteiger charge is 2.25. The molecule has 0 fully saturated rings. The van der Waals surface area contributed by atoms with Gasteiger partial charge in [0.2, 0.25) is 0 Å². The molecule has 0 atom stereocenters. The van der Waals surface area contributed by atoms with E-state index in [9.17, 15) is 9.59 Å². The largest absolute Gasteiger partial charge is 0.364 e. The second-order valence-corrected chi connectivity index (χ2v) is 6.17. The minimum Gasteiger partial charge on any atom is -0.364 e. The molecule has 0 saturated carbocycles. The lowest BCUT2D eigenvalue weighted by molar-refractivity contribution is -0.110. The second kappa shape index (κ2) is 5.56. The molecule has 24 heavy (non-hydrogen) atoms. The quantitative estimate of drug-likeness (QED) is 0.639. The summed E-state index contributed by atoms with van der Waals surface area (Å²) in [7, 11) is 0. The van der Waals surface area contributed by atoms with E-state index in [1.54, 1.807) is 18.2 Å². The van der Waals surface area contributed by atoms with Crippen molar-refractivity contribution in [2.24, 2.45) is 5.73 Å². The van der Waals surface area contributed by atoms with Crippen molar-refractivity contribution in [1.29, 1.82) is 0 Å². The van der Waals surface area contributed by atoms with Gasteiger partial charge in [-0.25, -0.2) is 4.79 Å². The maximum atomic E-state index is 12.4. The molecule has 6 heteroatoms. The van der Waals surface area contributed by atoms with E-state index in [1.165, 1.54) is 24.1 Å². The lowest BCUT2D eigenvalue weighted by atomic mass is 9.93. The number of aryl methyl sites for hydroxylation is 1. The molecule has 1 aliphatic carbocycles. The molecule has 2 heterocycles. The van der Waals surface area contributed by atoms with Gasteiger partial charge in [-0.3, -0.25) is 4.79 Å². The van der Waals surface area contributed by atoms with Crippen LogP contribution in [0.5, 0.6) is 0 Å². The predicted molar refractivity (Wildman–Crippen MR) is 93.6 cm³/mol. The number of carbonyl (C=O) groups excluding carboxylic acids is 2. The smallest absolute Gasteiger partial charge is 0.316 e. The Morgan fingerprint density at radius 1 is 1.25 bits per heavy atom. The van der Waals surface area contributed by atoms with Gasteiger partial charge in [0.05, 0.1) is 0 Å². The van der Waals surface area contributed by atoms with Crippen LogP contribution < -0.4 is 16.4 Å². The zero-order valence-corrected chi connectivity index (χ0v) is 13.1. The summed E-state index contributed by atoms with van der Waals surface area (Å²) >= 11 is 0. The van der Waals surface area contributed by atoms with Gasteiger partial charge in [0.15, 0.2) is 0 Å². The number of fused-ring (bicyclic) bond motifs is 2. The minimum absolute atomic E-state index is 0.132. The Morgan fingerprint density at radius 3 is 2.92 bits per heavy atom. The fraction of sp³-hybridized carbons (Fsp3) is 0.222. The number of primary amides is 1. The third-order valence-corrected chi connectivity index (χ3v) is 4.59. The Kier molecular flexibility index (Phi) is 3.37. The number of hydrogen-bond acceptors (Lipinski definition) is 2. The van der Waals surface area contributed by atoms with Crippen LogP contribution in [-0.2, 0) is 17.6 Å². The molecular formula is C18H18N4O2. The zero-order valence-electron chi connectivity index (χ0n) is 13.1. The molecule has 2 aromatic rings. The highest BCUT2D eigenvalue weighted by molar-refractivity contribution is 6.35. The predicted octanol–water partition coefficient (Wildman–Crippen LogP) is 2.88. The lowest BCUT2D eigenvalue weighted by Gasteiger charge is -2.11. The Bertz CT molecular complexity index is 879. The topological polar surface area (TPSA) is 100 Å². The van der Waals surface area contributed by atoms with Crippen molar-refractivity contribution in [2.75, 3.05) is 10.6 Å². The van der Waals surface area contributed by atoms with E-state index in [1.807, 2.05) is 12.3 Å². The molecule has 3 amide bonds. The van der Waals surface area contributed by atoms with Crippen LogP contribution in [0, 0.1) is 0 Å². The molecule has 5 N–H and O–H groups in total. The van der Waals surface area contributed by atoms with Crippen molar-refractivity contribution in [3.63, 3.8) is 0 Å². The molecule has 0 bridgehead atoms. The van der Waals surface area contributed by atoms with Gasteiger partial charge in [-0.2, -0.15) is 0 Å². The van der Waals surface area contributed by atoms with Crippen LogP contribution >= 0.6 is 0 Å². The number of benzene rings is 1. The average Bonchev–Trinajstić information content (AvgIpc) is 3.09. The van der Waals surface area contributed by atoms with Crippen molar-refractivity contribution in [3.8, 4) is 0 Å². The normalized spacial score (nSPS) is 17.3. The zero-order chi connectivity index (χ0) is 16.7. The number of nitrogens with one attached hydrogen (secondary N) is 3. The van der Waals surface area contributed by atoms with E-state index in [-0.39, 0.29) is 5.91 Å². The highest BCUT2D eigenvalue weighted by Crippen LogP contribution is 2.36. The number of hydrogen-bond donors (Lipinski definition) is 4. The van der Waals surface area contributed by atoms with Gasteiger partial charge in [0.1, 0.15) is 0 Å². The van der Waals surface area contributed by atoms with Crippen molar-refractivity contribution in [3.05, 3.63) is 46.8 Å². The van der Waals surface area contributed by atoms with Gasteiger partial charge in [0.25, 0.3) is 5.91 Å². The summed E-state index contributed by atoms with van der Waals surface area (Å²) < 4.78 is 0. The molecule has 0 unspecified atom stereocenters. The fourth-order valence-corrected chi connectivity index (χ4v) is 3.47. The van der Waals surface area contributed by atoms with E-state index < -0.39 is 6.03 Å². The summed E-state index contributed by atoms with van der Waals surface area (Å²) in [6.07, 6.45) is 8.38. The molecule has 6 nitrogen and oxygen atoms in total. The molecule has 2 aliphatic rings. The molecule has 4 rings (SSSR count). The van der Waals surface area contributed by atoms with Crippen molar-refractivity contribution >= 4 is 35.0 Å². The average molecular weight is 322 g/mol. The summed E-state index contributed by atoms with van der Waals surface area (Å²) in [6, 6.07) is 4.62. The molecule has 1 aliphatic heterocycles. The monoisotopic (exact) mass is 322 g/mol. The molecular weight excluding hydrogens is 304 g/mol. The van der Waals surface area contributed by atoms with Crippen molar-refractivity contribution in [1.82, 2.24) is 4.98 Å². The fourth-order valence-electron chi connectivity index (χ4n) is 3.47. The first-order valence-corrected chi connectivity index (χ1v) is 8.05. The first-order valence-electron chi connectivity index (χ1n) is 8.05. The van der Waals surface area contributed by atoms with Gasteiger partial charge in [0, 0.05) is 34.4 Å². The molecule has 122 valence electrons. The Balaban J connectivity index is 1.75. The van der Waals surface area contributed by atoms with Crippen LogP contribution in [0.15, 0.2) is 24.4 Å². The summed E-state index contributed by atoms with van der Waals surface area (Å²) in [4.78, 5) is 26.7. The lowest BCUT2D eigenvalue weighted by Crippen LogP contribution is -2.19. The Labute approximate surface area is 139 Å². The summed E-state index contributed by atoms with van der Waals surface area (Å²) in [5, 5.41) is 5.40. The van der Waals surface area contributed by atoms with E-state index >= 15 is 0 Å². The van der Waals surface area contributed by atoms with E-state index in [0.717, 1.165) is 29.7 Å². The molecule has 0 radical (unpaired) electrons. The van der Waals surface area contributed by atoms with Gasteiger partial charge in [-0.15, -0.1) is 0 Å². The number of aromatic amines is 1. The van der Waals surface area contributed by atoms with E-state index in [0.29, 0.717) is 11.3 Å². The molecule has 1 aromatic carbocycles.